The number of hydrogen-bond acceptors (Lipinski definition) is 2. The number of unbranched alkanes of at least 4 members (excludes halogenated alkanes) is 7. The molecule has 0 fully saturated rings. The van der Waals surface area contributed by atoms with E-state index in [1.165, 1.54) is 69.8 Å². The summed E-state index contributed by atoms with van der Waals surface area (Å²) in [5.74, 6) is 6.33. The molecule has 0 N–H and O–H groups in total. The van der Waals surface area contributed by atoms with Gasteiger partial charge in [-0.15, -0.1) is 5.10 Å². The van der Waals surface area contributed by atoms with E-state index in [0.29, 0.717) is 0 Å². The fourth-order valence-electron chi connectivity index (χ4n) is 3.12. The van der Waals surface area contributed by atoms with Crippen LogP contribution in [0.5, 0.6) is 0 Å². The van der Waals surface area contributed by atoms with Crippen LogP contribution in [0.4, 0.5) is 0 Å². The summed E-state index contributed by atoms with van der Waals surface area (Å²) in [5, 5.41) is 8.58. The molecule has 0 spiro atoms. The molecular weight excluding hydrogens is 328 g/mol. The maximum Gasteiger partial charge on any atom is 0.136 e. The Morgan fingerprint density at radius 1 is 0.630 bits per heavy atom. The van der Waals surface area contributed by atoms with Crippen molar-refractivity contribution in [1.29, 1.82) is 0 Å². The molecule has 0 amide bonds. The summed E-state index contributed by atoms with van der Waals surface area (Å²) in [7, 11) is 0. The molecule has 1 aromatic carbocycles. The second-order valence-electron chi connectivity index (χ2n) is 7.33. The van der Waals surface area contributed by atoms with Crippen LogP contribution in [0.15, 0.2) is 36.4 Å². The summed E-state index contributed by atoms with van der Waals surface area (Å²) < 4.78 is 0. The second kappa shape index (κ2) is 13.1. The van der Waals surface area contributed by atoms with Crippen molar-refractivity contribution in [3.63, 3.8) is 0 Å². The molecule has 0 saturated heterocycles. The van der Waals surface area contributed by atoms with E-state index >= 15 is 0 Å². The highest BCUT2D eigenvalue weighted by atomic mass is 15.1. The SMILES string of the molecule is CCCCCCCc1ccc(C#Cc2ccc(CCCCCC)cc2)nn1. The number of aromatic nitrogens is 2. The number of rotatable bonds is 11. The average Bonchev–Trinajstić information content (AvgIpc) is 2.71. The van der Waals surface area contributed by atoms with Gasteiger partial charge in [-0.05, 0) is 61.4 Å². The molecule has 27 heavy (non-hydrogen) atoms. The van der Waals surface area contributed by atoms with Gasteiger partial charge in [-0.25, -0.2) is 0 Å². The third-order valence-corrected chi connectivity index (χ3v) is 4.86. The monoisotopic (exact) mass is 362 g/mol. The van der Waals surface area contributed by atoms with E-state index in [4.69, 9.17) is 0 Å². The molecule has 0 atom stereocenters. The molecule has 0 bridgehead atoms. The molecule has 1 heterocycles. The van der Waals surface area contributed by atoms with Gasteiger partial charge in [0.05, 0.1) is 5.69 Å². The molecule has 0 radical (unpaired) electrons. The van der Waals surface area contributed by atoms with Crippen LogP contribution < -0.4 is 0 Å². The zero-order valence-corrected chi connectivity index (χ0v) is 17.1. The van der Waals surface area contributed by atoms with Crippen molar-refractivity contribution >= 4 is 0 Å². The second-order valence-corrected chi connectivity index (χ2v) is 7.33. The fraction of sp³-hybridized carbons (Fsp3) is 0.520. The lowest BCUT2D eigenvalue weighted by Crippen LogP contribution is -1.95. The van der Waals surface area contributed by atoms with Gasteiger partial charge in [0.25, 0.3) is 0 Å². The Labute approximate surface area is 165 Å². The van der Waals surface area contributed by atoms with Gasteiger partial charge in [-0.1, -0.05) is 76.8 Å². The van der Waals surface area contributed by atoms with Crippen LogP contribution in [0.2, 0.25) is 0 Å². The van der Waals surface area contributed by atoms with Crippen LogP contribution in [0, 0.1) is 11.8 Å². The van der Waals surface area contributed by atoms with Gasteiger partial charge in [0, 0.05) is 5.56 Å². The van der Waals surface area contributed by atoms with Crippen molar-refractivity contribution in [1.82, 2.24) is 10.2 Å². The van der Waals surface area contributed by atoms with Gasteiger partial charge in [0.15, 0.2) is 0 Å². The van der Waals surface area contributed by atoms with E-state index in [2.05, 4.69) is 66.2 Å². The van der Waals surface area contributed by atoms with E-state index in [1.54, 1.807) is 0 Å². The first kappa shape index (κ1) is 21.2. The molecule has 2 heteroatoms. The normalized spacial score (nSPS) is 10.4. The van der Waals surface area contributed by atoms with E-state index in [-0.39, 0.29) is 0 Å². The van der Waals surface area contributed by atoms with Crippen LogP contribution in [0.3, 0.4) is 0 Å². The Morgan fingerprint density at radius 2 is 1.30 bits per heavy atom. The first-order valence-corrected chi connectivity index (χ1v) is 10.8. The minimum Gasteiger partial charge on any atom is -0.154 e. The van der Waals surface area contributed by atoms with E-state index in [0.717, 1.165) is 23.4 Å². The van der Waals surface area contributed by atoms with Gasteiger partial charge in [0.1, 0.15) is 5.69 Å². The summed E-state index contributed by atoms with van der Waals surface area (Å²) in [6, 6.07) is 12.7. The highest BCUT2D eigenvalue weighted by Crippen LogP contribution is 2.10. The van der Waals surface area contributed by atoms with Gasteiger partial charge in [0.2, 0.25) is 0 Å². The van der Waals surface area contributed by atoms with Crippen molar-refractivity contribution in [3.05, 3.63) is 58.9 Å². The van der Waals surface area contributed by atoms with Crippen molar-refractivity contribution in [2.45, 2.75) is 84.5 Å². The van der Waals surface area contributed by atoms with Gasteiger partial charge in [-0.3, -0.25) is 0 Å². The van der Waals surface area contributed by atoms with Crippen LogP contribution >= 0.6 is 0 Å². The zero-order chi connectivity index (χ0) is 19.2. The molecule has 144 valence electrons. The third-order valence-electron chi connectivity index (χ3n) is 4.86. The van der Waals surface area contributed by atoms with Gasteiger partial charge in [-0.2, -0.15) is 5.10 Å². The molecule has 2 nitrogen and oxygen atoms in total. The molecule has 2 aromatic rings. The van der Waals surface area contributed by atoms with Crippen molar-refractivity contribution in [2.75, 3.05) is 0 Å². The highest BCUT2D eigenvalue weighted by Gasteiger charge is 1.98. The maximum absolute atomic E-state index is 4.32. The summed E-state index contributed by atoms with van der Waals surface area (Å²) in [4.78, 5) is 0. The Hall–Kier alpha value is -2.14. The Morgan fingerprint density at radius 3 is 1.96 bits per heavy atom. The topological polar surface area (TPSA) is 25.8 Å². The molecule has 0 aliphatic carbocycles. The number of nitrogens with zero attached hydrogens (tertiary/aromatic N) is 2. The number of benzene rings is 1. The molecule has 1 aromatic heterocycles. The van der Waals surface area contributed by atoms with Crippen molar-refractivity contribution < 1.29 is 0 Å². The summed E-state index contributed by atoms with van der Waals surface area (Å²) in [6.07, 6.45) is 13.8. The number of aryl methyl sites for hydroxylation is 2. The van der Waals surface area contributed by atoms with E-state index < -0.39 is 0 Å². The van der Waals surface area contributed by atoms with Crippen molar-refractivity contribution in [2.24, 2.45) is 0 Å². The van der Waals surface area contributed by atoms with Crippen molar-refractivity contribution in [3.8, 4) is 11.8 Å². The van der Waals surface area contributed by atoms with Crippen LogP contribution in [0.1, 0.15) is 94.1 Å². The Kier molecular flexibility index (Phi) is 10.3. The third kappa shape index (κ3) is 8.87. The average molecular weight is 363 g/mol. The summed E-state index contributed by atoms with van der Waals surface area (Å²) >= 11 is 0. The quantitative estimate of drug-likeness (QED) is 0.336. The molecule has 0 aliphatic rings. The van der Waals surface area contributed by atoms with Crippen LogP contribution in [-0.2, 0) is 12.8 Å². The Balaban J connectivity index is 1.79. The minimum absolute atomic E-state index is 0.744. The molecule has 0 saturated carbocycles. The first-order valence-electron chi connectivity index (χ1n) is 10.8. The number of hydrogen-bond donors (Lipinski definition) is 0. The summed E-state index contributed by atoms with van der Waals surface area (Å²) in [6.45, 7) is 4.49. The van der Waals surface area contributed by atoms with E-state index in [1.807, 2.05) is 6.07 Å². The fourth-order valence-corrected chi connectivity index (χ4v) is 3.12. The predicted octanol–water partition coefficient (Wildman–Crippen LogP) is 6.51. The van der Waals surface area contributed by atoms with E-state index in [9.17, 15) is 0 Å². The smallest absolute Gasteiger partial charge is 0.136 e. The standard InChI is InChI=1S/C25H34N2/c1-3-5-7-9-11-13-24-20-21-25(27-26-24)19-18-23-16-14-22(15-17-23)12-10-8-6-4-2/h14-17,20-21H,3-13H2,1-2H3. The largest absolute Gasteiger partial charge is 0.154 e. The van der Waals surface area contributed by atoms with Gasteiger partial charge >= 0.3 is 0 Å². The van der Waals surface area contributed by atoms with Crippen LogP contribution in [-0.4, -0.2) is 10.2 Å². The molecule has 2 rings (SSSR count). The zero-order valence-electron chi connectivity index (χ0n) is 17.1. The molecular formula is C25H34N2. The highest BCUT2D eigenvalue weighted by molar-refractivity contribution is 5.40. The lowest BCUT2D eigenvalue weighted by molar-refractivity contribution is 0.625. The lowest BCUT2D eigenvalue weighted by Gasteiger charge is -2.01. The first-order chi connectivity index (χ1) is 13.3. The molecule has 0 aliphatic heterocycles. The lowest BCUT2D eigenvalue weighted by atomic mass is 10.0. The van der Waals surface area contributed by atoms with Crippen LogP contribution in [0.25, 0.3) is 0 Å². The molecule has 0 unspecified atom stereocenters. The minimum atomic E-state index is 0.744. The predicted molar refractivity (Wildman–Crippen MR) is 115 cm³/mol. The van der Waals surface area contributed by atoms with Gasteiger partial charge < -0.3 is 0 Å². The summed E-state index contributed by atoms with van der Waals surface area (Å²) in [5.41, 5.74) is 4.26. The maximum atomic E-state index is 4.32. The Bertz CT molecular complexity index is 690.